The van der Waals surface area contributed by atoms with Crippen LogP contribution >= 0.6 is 0 Å². The van der Waals surface area contributed by atoms with Gasteiger partial charge in [-0.15, -0.1) is 0 Å². The van der Waals surface area contributed by atoms with Crippen LogP contribution in [0.3, 0.4) is 0 Å². The van der Waals surface area contributed by atoms with Crippen molar-refractivity contribution in [1.29, 1.82) is 0 Å². The fourth-order valence-electron chi connectivity index (χ4n) is 4.95. The van der Waals surface area contributed by atoms with E-state index in [1.165, 1.54) is 0 Å². The first-order valence-corrected chi connectivity index (χ1v) is 15.5. The Morgan fingerprint density at radius 2 is 1.80 bits per heavy atom. The van der Waals surface area contributed by atoms with E-state index in [-0.39, 0.29) is 5.89 Å². The summed E-state index contributed by atoms with van der Waals surface area (Å²) in [5.74, 6) is -4.29. The summed E-state index contributed by atoms with van der Waals surface area (Å²) in [6.07, 6.45) is 9.50. The zero-order chi connectivity index (χ0) is 33.7. The van der Waals surface area contributed by atoms with Crippen molar-refractivity contribution in [2.45, 2.75) is 59.1 Å². The van der Waals surface area contributed by atoms with E-state index in [4.69, 9.17) is 4.42 Å². The minimum Gasteiger partial charge on any atom is -0.481 e. The maximum atomic E-state index is 13.8. The molecular formula is C35H43F3N4O4. The second-order valence-corrected chi connectivity index (χ2v) is 10.9. The minimum atomic E-state index is -4.92. The number of carboxylic acids is 1. The Labute approximate surface area is 268 Å². The van der Waals surface area contributed by atoms with Gasteiger partial charge in [0, 0.05) is 55.3 Å². The lowest BCUT2D eigenvalue weighted by Crippen LogP contribution is -2.30. The van der Waals surface area contributed by atoms with Gasteiger partial charge in [-0.1, -0.05) is 69.4 Å². The molecule has 1 aromatic heterocycles. The lowest BCUT2D eigenvalue weighted by molar-refractivity contribution is -0.153. The number of unbranched alkanes of at least 4 members (excludes halogenated alkanes) is 1. The molecule has 8 nitrogen and oxygen atoms in total. The number of amides is 1. The molecule has 0 spiro atoms. The number of benzene rings is 1. The Morgan fingerprint density at radius 1 is 1.11 bits per heavy atom. The van der Waals surface area contributed by atoms with Crippen molar-refractivity contribution in [3.8, 4) is 11.5 Å². The number of halogens is 3. The van der Waals surface area contributed by atoms with Crippen LogP contribution in [0.4, 0.5) is 13.2 Å². The predicted molar refractivity (Wildman–Crippen MR) is 172 cm³/mol. The quantitative estimate of drug-likeness (QED) is 0.161. The molecule has 0 aliphatic carbocycles. The summed E-state index contributed by atoms with van der Waals surface area (Å²) in [6, 6.07) is 8.08. The monoisotopic (exact) mass is 640 g/mol. The van der Waals surface area contributed by atoms with E-state index >= 15 is 0 Å². The number of carboxylic acid groups (broad SMARTS) is 1. The van der Waals surface area contributed by atoms with E-state index in [1.54, 1.807) is 55.5 Å². The molecule has 1 fully saturated rings. The Morgan fingerprint density at radius 3 is 2.43 bits per heavy atom. The van der Waals surface area contributed by atoms with Gasteiger partial charge in [0.1, 0.15) is 0 Å². The third-order valence-electron chi connectivity index (χ3n) is 7.45. The van der Waals surface area contributed by atoms with Crippen LogP contribution in [0.25, 0.3) is 11.5 Å². The molecule has 1 aromatic carbocycles. The van der Waals surface area contributed by atoms with Crippen molar-refractivity contribution in [1.82, 2.24) is 20.1 Å². The molecule has 0 bridgehead atoms. The Bertz CT molecular complexity index is 1460. The van der Waals surface area contributed by atoms with E-state index < -0.39 is 35.4 Å². The number of carbonyl (C=O) groups excluding carboxylic acids is 1. The first kappa shape index (κ1) is 35.9. The van der Waals surface area contributed by atoms with Crippen molar-refractivity contribution >= 4 is 11.9 Å². The molecule has 0 saturated carbocycles. The van der Waals surface area contributed by atoms with Crippen LogP contribution < -0.4 is 5.32 Å². The largest absolute Gasteiger partial charge is 0.481 e. The van der Waals surface area contributed by atoms with Crippen molar-refractivity contribution in [2.75, 3.05) is 26.2 Å². The number of oxazole rings is 1. The highest BCUT2D eigenvalue weighted by Crippen LogP contribution is 2.35. The molecule has 1 amide bonds. The normalized spacial score (nSPS) is 15.8. The van der Waals surface area contributed by atoms with Crippen molar-refractivity contribution in [3.63, 3.8) is 0 Å². The SMILES string of the molecule is C=C(CC(C=CCC)C(=O)O)N1CCCN(C(C=CC(=CC)NC(=O)c2nc(-c3ccccc3)oc2C(F)(F)F)=CCCC)CC1. The first-order chi connectivity index (χ1) is 22.0. The van der Waals surface area contributed by atoms with Crippen LogP contribution in [0.5, 0.6) is 0 Å². The molecule has 2 aromatic rings. The number of rotatable bonds is 14. The molecule has 3 rings (SSSR count). The Balaban J connectivity index is 1.74. The molecule has 1 atom stereocenters. The van der Waals surface area contributed by atoms with Gasteiger partial charge in [0.05, 0.1) is 5.92 Å². The molecule has 248 valence electrons. The highest BCUT2D eigenvalue weighted by Gasteiger charge is 2.42. The molecule has 11 heteroatoms. The number of aromatic nitrogens is 1. The van der Waals surface area contributed by atoms with Gasteiger partial charge in [-0.3, -0.25) is 9.59 Å². The van der Waals surface area contributed by atoms with E-state index in [0.717, 1.165) is 50.2 Å². The number of hydrogen-bond donors (Lipinski definition) is 2. The Kier molecular flexibility index (Phi) is 13.5. The van der Waals surface area contributed by atoms with E-state index in [0.29, 0.717) is 30.8 Å². The fraction of sp³-hybridized carbons (Fsp3) is 0.400. The van der Waals surface area contributed by atoms with Crippen LogP contribution in [-0.4, -0.2) is 57.9 Å². The van der Waals surface area contributed by atoms with E-state index in [1.807, 2.05) is 19.1 Å². The molecule has 2 heterocycles. The molecule has 2 N–H and O–H groups in total. The number of carbonyl (C=O) groups is 2. The van der Waals surface area contributed by atoms with Gasteiger partial charge >= 0.3 is 12.1 Å². The average molecular weight is 641 g/mol. The van der Waals surface area contributed by atoms with E-state index in [9.17, 15) is 27.9 Å². The topological polar surface area (TPSA) is 98.9 Å². The number of allylic oxidation sites excluding steroid dienone is 6. The number of alkyl halides is 3. The number of nitrogens with zero attached hydrogens (tertiary/aromatic N) is 3. The van der Waals surface area contributed by atoms with Crippen LogP contribution in [0, 0.1) is 5.92 Å². The van der Waals surface area contributed by atoms with Crippen LogP contribution in [-0.2, 0) is 11.0 Å². The van der Waals surface area contributed by atoms with Gasteiger partial charge in [-0.05, 0) is 50.5 Å². The smallest absolute Gasteiger partial charge is 0.452 e. The Hall–Kier alpha value is -4.54. The molecule has 1 aliphatic heterocycles. The standard InChI is InChI=1S/C35H43F3N4O4/c1-5-8-14-27(34(44)45)24-25(4)41-20-13-21-42(23-22-41)29(17-9-6-2)19-18-28(7-3)39-32(43)30-31(35(36,37)38)46-33(40-30)26-15-11-10-12-16-26/h7-8,10-12,14-19,27H,4-6,9,13,20-24H2,1-3H3,(H,39,43)(H,44,45). The first-order valence-electron chi connectivity index (χ1n) is 15.5. The zero-order valence-electron chi connectivity index (χ0n) is 26.6. The van der Waals surface area contributed by atoms with Crippen molar-refractivity contribution in [2.24, 2.45) is 5.92 Å². The van der Waals surface area contributed by atoms with E-state index in [2.05, 4.69) is 39.7 Å². The van der Waals surface area contributed by atoms with Gasteiger partial charge in [-0.2, -0.15) is 13.2 Å². The third-order valence-corrected chi connectivity index (χ3v) is 7.45. The summed E-state index contributed by atoms with van der Waals surface area (Å²) < 4.78 is 46.4. The molecule has 1 aliphatic rings. The van der Waals surface area contributed by atoms with Gasteiger partial charge in [0.2, 0.25) is 11.7 Å². The highest BCUT2D eigenvalue weighted by atomic mass is 19.4. The number of nitrogens with one attached hydrogen (secondary N) is 1. The second-order valence-electron chi connectivity index (χ2n) is 10.9. The zero-order valence-corrected chi connectivity index (χ0v) is 26.6. The number of aliphatic carboxylic acids is 1. The third kappa shape index (κ3) is 10.3. The summed E-state index contributed by atoms with van der Waals surface area (Å²) >= 11 is 0. The summed E-state index contributed by atoms with van der Waals surface area (Å²) in [5.41, 5.74) is 1.48. The number of hydrogen-bond acceptors (Lipinski definition) is 6. The lowest BCUT2D eigenvalue weighted by Gasteiger charge is -2.27. The molecule has 46 heavy (non-hydrogen) atoms. The average Bonchev–Trinajstić information content (AvgIpc) is 3.36. The molecule has 0 radical (unpaired) electrons. The fourth-order valence-corrected chi connectivity index (χ4v) is 4.95. The maximum absolute atomic E-state index is 13.8. The summed E-state index contributed by atoms with van der Waals surface area (Å²) in [5, 5.41) is 12.2. The maximum Gasteiger partial charge on any atom is 0.452 e. The van der Waals surface area contributed by atoms with Gasteiger partial charge in [0.25, 0.3) is 5.91 Å². The van der Waals surface area contributed by atoms with Crippen LogP contribution in [0.2, 0.25) is 0 Å². The minimum absolute atomic E-state index is 0.297. The summed E-state index contributed by atoms with van der Waals surface area (Å²) in [7, 11) is 0. The van der Waals surface area contributed by atoms with Crippen molar-refractivity contribution in [3.05, 3.63) is 102 Å². The second kappa shape index (κ2) is 17.2. The predicted octanol–water partition coefficient (Wildman–Crippen LogP) is 7.81. The van der Waals surface area contributed by atoms with Gasteiger partial charge < -0.3 is 24.6 Å². The molecule has 1 unspecified atom stereocenters. The summed E-state index contributed by atoms with van der Waals surface area (Å²) in [4.78, 5) is 33.1. The van der Waals surface area contributed by atoms with Crippen molar-refractivity contribution < 1.29 is 32.3 Å². The molecule has 1 saturated heterocycles. The van der Waals surface area contributed by atoms with Gasteiger partial charge in [-0.25, -0.2) is 4.98 Å². The molecular weight excluding hydrogens is 597 g/mol. The lowest BCUT2D eigenvalue weighted by atomic mass is 10.0. The van der Waals surface area contributed by atoms with Crippen LogP contribution in [0.15, 0.2) is 94.9 Å². The van der Waals surface area contributed by atoms with Gasteiger partial charge in [0.15, 0.2) is 5.69 Å². The summed E-state index contributed by atoms with van der Waals surface area (Å²) in [6.45, 7) is 12.7. The highest BCUT2D eigenvalue weighted by molar-refractivity contribution is 5.95. The van der Waals surface area contributed by atoms with Crippen LogP contribution in [0.1, 0.15) is 69.1 Å².